The molecule has 6 heteroatoms. The van der Waals surface area contributed by atoms with Crippen LogP contribution in [0.1, 0.15) is 26.7 Å². The van der Waals surface area contributed by atoms with E-state index in [4.69, 9.17) is 4.74 Å². The van der Waals surface area contributed by atoms with E-state index in [-0.39, 0.29) is 11.9 Å². The van der Waals surface area contributed by atoms with E-state index in [1.165, 1.54) is 18.7 Å². The average molecular weight is 230 g/mol. The van der Waals surface area contributed by atoms with Crippen LogP contribution in [0.5, 0.6) is 0 Å². The molecule has 2 nitrogen and oxygen atoms in total. The minimum atomic E-state index is -4.09. The molecule has 1 atom stereocenters. The third-order valence-electron chi connectivity index (χ3n) is 1.29. The Balaban J connectivity index is 3.41. The minimum absolute atomic E-state index is 0.0553. The predicted octanol–water partition coefficient (Wildman–Crippen LogP) is 2.97. The van der Waals surface area contributed by atoms with Crippen molar-refractivity contribution in [1.82, 2.24) is 0 Å². The van der Waals surface area contributed by atoms with Crippen molar-refractivity contribution >= 4 is 17.7 Å². The van der Waals surface area contributed by atoms with Crippen LogP contribution in [0.15, 0.2) is 0 Å². The molecule has 0 amide bonds. The van der Waals surface area contributed by atoms with Crippen molar-refractivity contribution in [3.63, 3.8) is 0 Å². The fourth-order valence-corrected chi connectivity index (χ4v) is 1.64. The molecule has 0 N–H and O–H groups in total. The maximum Gasteiger partial charge on any atom is 0.389 e. The van der Waals surface area contributed by atoms with Crippen LogP contribution in [0.3, 0.4) is 0 Å². The Labute approximate surface area is 85.2 Å². The Hall–Kier alpha value is -0.390. The van der Waals surface area contributed by atoms with Gasteiger partial charge in [-0.1, -0.05) is 0 Å². The van der Waals surface area contributed by atoms with E-state index in [2.05, 4.69) is 0 Å². The first-order valence-corrected chi connectivity index (χ1v) is 5.21. The molecule has 0 aliphatic heterocycles. The molecule has 0 aliphatic carbocycles. The van der Waals surface area contributed by atoms with Crippen molar-refractivity contribution in [3.8, 4) is 0 Å². The Kier molecular flexibility index (Phi) is 5.99. The van der Waals surface area contributed by atoms with Gasteiger partial charge in [0.25, 0.3) is 0 Å². The predicted molar refractivity (Wildman–Crippen MR) is 49.0 cm³/mol. The second-order valence-corrected chi connectivity index (χ2v) is 4.17. The highest BCUT2D eigenvalue weighted by Crippen LogP contribution is 2.23. The van der Waals surface area contributed by atoms with E-state index >= 15 is 0 Å². The van der Waals surface area contributed by atoms with Crippen LogP contribution >= 0.6 is 11.8 Å². The Morgan fingerprint density at radius 2 is 2.07 bits per heavy atom. The molecule has 0 saturated carbocycles. The van der Waals surface area contributed by atoms with Crippen LogP contribution in [-0.2, 0) is 9.53 Å². The van der Waals surface area contributed by atoms with Gasteiger partial charge in [0.15, 0.2) is 0 Å². The number of alkyl halides is 3. The van der Waals surface area contributed by atoms with Gasteiger partial charge in [0.2, 0.25) is 0 Å². The summed E-state index contributed by atoms with van der Waals surface area (Å²) in [6.45, 7) is 2.91. The lowest BCUT2D eigenvalue weighted by molar-refractivity contribution is -0.142. The summed E-state index contributed by atoms with van der Waals surface area (Å²) in [7, 11) is 0. The van der Waals surface area contributed by atoms with Gasteiger partial charge in [-0.05, 0) is 19.1 Å². The number of esters is 1. The quantitative estimate of drug-likeness (QED) is 0.412. The van der Waals surface area contributed by atoms with Gasteiger partial charge in [0.1, 0.15) is 5.44 Å². The first-order chi connectivity index (χ1) is 6.31. The van der Waals surface area contributed by atoms with Crippen LogP contribution in [0.2, 0.25) is 0 Å². The molecule has 14 heavy (non-hydrogen) atoms. The summed E-state index contributed by atoms with van der Waals surface area (Å²) in [4.78, 5) is 10.4. The number of carbonyl (C=O) groups excluding carboxylic acids is 1. The zero-order valence-corrected chi connectivity index (χ0v) is 8.87. The summed E-state index contributed by atoms with van der Waals surface area (Å²) in [5.41, 5.74) is -0.374. The maximum atomic E-state index is 11.7. The fraction of sp³-hybridized carbons (Fsp3) is 0.875. The number of ether oxygens (including phenoxy) is 1. The highest BCUT2D eigenvalue weighted by Gasteiger charge is 2.26. The van der Waals surface area contributed by atoms with E-state index in [0.717, 1.165) is 0 Å². The van der Waals surface area contributed by atoms with Crippen LogP contribution < -0.4 is 0 Å². The number of rotatable bonds is 5. The van der Waals surface area contributed by atoms with E-state index in [0.29, 0.717) is 5.75 Å². The standard InChI is InChI=1S/C8H13F3O2S/c1-6(12)13-7(2)14-5-3-4-8(9,10)11/h7H,3-5H2,1-2H3. The lowest BCUT2D eigenvalue weighted by atomic mass is 10.3. The van der Waals surface area contributed by atoms with Crippen LogP contribution in [-0.4, -0.2) is 23.3 Å². The van der Waals surface area contributed by atoms with Gasteiger partial charge in [0.05, 0.1) is 0 Å². The Morgan fingerprint density at radius 1 is 1.50 bits per heavy atom. The first-order valence-electron chi connectivity index (χ1n) is 4.17. The lowest BCUT2D eigenvalue weighted by Crippen LogP contribution is -2.10. The number of hydrogen-bond acceptors (Lipinski definition) is 3. The molecule has 0 rings (SSSR count). The molecule has 0 bridgehead atoms. The van der Waals surface area contributed by atoms with Crippen molar-refractivity contribution < 1.29 is 22.7 Å². The Bertz CT molecular complexity index is 182. The summed E-state index contributed by atoms with van der Waals surface area (Å²) >= 11 is 1.20. The number of thioether (sulfide) groups is 1. The molecule has 0 radical (unpaired) electrons. The van der Waals surface area contributed by atoms with Crippen LogP contribution in [0.25, 0.3) is 0 Å². The molecular weight excluding hydrogens is 217 g/mol. The summed E-state index contributed by atoms with van der Waals surface area (Å²) in [6.07, 6.45) is -4.82. The smallest absolute Gasteiger partial charge is 0.389 e. The monoisotopic (exact) mass is 230 g/mol. The third kappa shape index (κ3) is 9.70. The van der Waals surface area contributed by atoms with Crippen LogP contribution in [0, 0.1) is 0 Å². The molecule has 0 aromatic rings. The molecular formula is C8H13F3O2S. The first kappa shape index (κ1) is 13.6. The topological polar surface area (TPSA) is 26.3 Å². The molecule has 0 spiro atoms. The summed E-state index contributed by atoms with van der Waals surface area (Å²) in [6, 6.07) is 0. The highest BCUT2D eigenvalue weighted by molar-refractivity contribution is 7.99. The molecule has 0 fully saturated rings. The van der Waals surface area contributed by atoms with Gasteiger partial charge >= 0.3 is 12.1 Å². The second kappa shape index (κ2) is 6.16. The zero-order chi connectivity index (χ0) is 11.2. The molecule has 0 saturated heterocycles. The molecule has 0 aromatic carbocycles. The molecule has 0 aliphatic rings. The van der Waals surface area contributed by atoms with Gasteiger partial charge in [-0.2, -0.15) is 13.2 Å². The van der Waals surface area contributed by atoms with Gasteiger partial charge in [-0.3, -0.25) is 4.79 Å². The summed E-state index contributed by atoms with van der Waals surface area (Å²) in [5, 5.41) is 0. The number of carbonyl (C=O) groups is 1. The van der Waals surface area contributed by atoms with Crippen molar-refractivity contribution in [2.75, 3.05) is 5.75 Å². The normalized spacial score (nSPS) is 13.8. The second-order valence-electron chi connectivity index (χ2n) is 2.77. The molecule has 84 valence electrons. The fourth-order valence-electron chi connectivity index (χ4n) is 0.790. The highest BCUT2D eigenvalue weighted by atomic mass is 32.2. The average Bonchev–Trinajstić information content (AvgIpc) is 1.95. The van der Waals surface area contributed by atoms with Crippen molar-refractivity contribution in [2.24, 2.45) is 0 Å². The lowest BCUT2D eigenvalue weighted by Gasteiger charge is -2.11. The van der Waals surface area contributed by atoms with Gasteiger partial charge < -0.3 is 4.74 Å². The van der Waals surface area contributed by atoms with E-state index in [9.17, 15) is 18.0 Å². The number of hydrogen-bond donors (Lipinski definition) is 0. The van der Waals surface area contributed by atoms with Crippen LogP contribution in [0.4, 0.5) is 13.2 Å². The number of halogens is 3. The Morgan fingerprint density at radius 3 is 2.50 bits per heavy atom. The minimum Gasteiger partial charge on any atom is -0.452 e. The third-order valence-corrected chi connectivity index (χ3v) is 2.38. The van der Waals surface area contributed by atoms with Gasteiger partial charge in [-0.15, -0.1) is 11.8 Å². The van der Waals surface area contributed by atoms with Crippen molar-refractivity contribution in [3.05, 3.63) is 0 Å². The van der Waals surface area contributed by atoms with E-state index < -0.39 is 18.6 Å². The SMILES string of the molecule is CC(=O)OC(C)SCCCC(F)(F)F. The van der Waals surface area contributed by atoms with E-state index in [1.807, 2.05) is 0 Å². The summed E-state index contributed by atoms with van der Waals surface area (Å²) in [5.74, 6) is -0.0747. The van der Waals surface area contributed by atoms with E-state index in [1.54, 1.807) is 6.92 Å². The van der Waals surface area contributed by atoms with Gasteiger partial charge in [0, 0.05) is 13.3 Å². The zero-order valence-electron chi connectivity index (χ0n) is 8.06. The molecule has 0 aromatic heterocycles. The summed E-state index contributed by atoms with van der Waals surface area (Å²) < 4.78 is 39.8. The van der Waals surface area contributed by atoms with Gasteiger partial charge in [-0.25, -0.2) is 0 Å². The maximum absolute atomic E-state index is 11.7. The van der Waals surface area contributed by atoms with Crippen molar-refractivity contribution in [2.45, 2.75) is 38.3 Å². The molecule has 0 heterocycles. The molecule has 1 unspecified atom stereocenters. The van der Waals surface area contributed by atoms with Crippen molar-refractivity contribution in [1.29, 1.82) is 0 Å². The largest absolute Gasteiger partial charge is 0.452 e.